The number of carbonyl (C=O) groups excluding carboxylic acids is 1. The maximum atomic E-state index is 13.6. The Kier molecular flexibility index (Phi) is 5.21. The van der Waals surface area contributed by atoms with Gasteiger partial charge in [-0.15, -0.1) is 0 Å². The van der Waals surface area contributed by atoms with Gasteiger partial charge in [-0.2, -0.15) is 13.2 Å². The summed E-state index contributed by atoms with van der Waals surface area (Å²) in [4.78, 5) is 11.0. The van der Waals surface area contributed by atoms with E-state index >= 15 is 0 Å². The summed E-state index contributed by atoms with van der Waals surface area (Å²) < 4.78 is 71.9. The number of benzene rings is 1. The van der Waals surface area contributed by atoms with E-state index in [-0.39, 0.29) is 5.56 Å². The zero-order valence-corrected chi connectivity index (χ0v) is 12.2. The van der Waals surface area contributed by atoms with Crippen molar-refractivity contribution in [2.24, 2.45) is 0 Å². The fraction of sp³-hybridized carbons (Fsp3) is 0.364. The summed E-state index contributed by atoms with van der Waals surface area (Å²) in [6.45, 7) is 0.441. The maximum Gasteiger partial charge on any atom is 0.390 e. The molecule has 0 aliphatic carbocycles. The highest BCUT2D eigenvalue weighted by atomic mass is 35.7. The van der Waals surface area contributed by atoms with E-state index in [9.17, 15) is 30.8 Å². The minimum Gasteiger partial charge on any atom is -0.352 e. The van der Waals surface area contributed by atoms with Crippen molar-refractivity contribution in [2.75, 3.05) is 6.54 Å². The van der Waals surface area contributed by atoms with Crippen LogP contribution in [0.1, 0.15) is 22.3 Å². The predicted molar refractivity (Wildman–Crippen MR) is 67.2 cm³/mol. The van der Waals surface area contributed by atoms with Crippen LogP contribution in [0.15, 0.2) is 17.0 Å². The molecule has 0 unspecified atom stereocenters. The van der Waals surface area contributed by atoms with Gasteiger partial charge in [-0.1, -0.05) is 0 Å². The molecule has 1 aromatic carbocycles. The van der Waals surface area contributed by atoms with Crippen molar-refractivity contribution < 1.29 is 30.8 Å². The zero-order valence-electron chi connectivity index (χ0n) is 10.6. The lowest BCUT2D eigenvalue weighted by Crippen LogP contribution is -2.28. The molecule has 0 heterocycles. The van der Waals surface area contributed by atoms with Crippen LogP contribution < -0.4 is 5.32 Å². The first-order valence-electron chi connectivity index (χ1n) is 5.51. The Hall–Kier alpha value is -1.35. The molecule has 0 atom stereocenters. The van der Waals surface area contributed by atoms with Gasteiger partial charge in [0.2, 0.25) is 0 Å². The van der Waals surface area contributed by atoms with Crippen LogP contribution in [0.25, 0.3) is 0 Å². The topological polar surface area (TPSA) is 63.2 Å². The van der Waals surface area contributed by atoms with Crippen LogP contribution in [-0.2, 0) is 9.05 Å². The summed E-state index contributed by atoms with van der Waals surface area (Å²) in [5, 5.41) is 1.92. The maximum absolute atomic E-state index is 13.6. The van der Waals surface area contributed by atoms with E-state index in [4.69, 9.17) is 10.7 Å². The highest BCUT2D eigenvalue weighted by molar-refractivity contribution is 8.13. The third kappa shape index (κ3) is 5.16. The second kappa shape index (κ2) is 6.18. The summed E-state index contributed by atoms with van der Waals surface area (Å²) in [5.41, 5.74) is -0.712. The Balaban J connectivity index is 2.99. The summed E-state index contributed by atoms with van der Waals surface area (Å²) >= 11 is 0. The lowest BCUT2D eigenvalue weighted by atomic mass is 10.1. The summed E-state index contributed by atoms with van der Waals surface area (Å²) in [6.07, 6.45) is -5.70. The van der Waals surface area contributed by atoms with Crippen LogP contribution in [0.2, 0.25) is 0 Å². The van der Waals surface area contributed by atoms with Crippen molar-refractivity contribution in [2.45, 2.75) is 24.4 Å². The minimum absolute atomic E-state index is 0.281. The SMILES string of the molecule is Cc1c(F)cc(C(=O)NCCC(F)(F)F)cc1S(=O)(=O)Cl. The molecule has 0 bridgehead atoms. The second-order valence-electron chi connectivity index (χ2n) is 4.14. The standard InChI is InChI=1S/C11H10ClF4NO3S/c1-6-8(13)4-7(5-9(6)21(12,19)20)10(18)17-3-2-11(14,15)16/h4-5H,2-3H2,1H3,(H,17,18). The van der Waals surface area contributed by atoms with Crippen molar-refractivity contribution in [3.63, 3.8) is 0 Å². The number of hydrogen-bond acceptors (Lipinski definition) is 3. The number of nitrogens with one attached hydrogen (secondary N) is 1. The van der Waals surface area contributed by atoms with Gasteiger partial charge >= 0.3 is 6.18 Å². The molecule has 0 fully saturated rings. The first-order chi connectivity index (χ1) is 9.42. The molecular weight excluding hydrogens is 338 g/mol. The molecule has 4 nitrogen and oxygen atoms in total. The van der Waals surface area contributed by atoms with Crippen molar-refractivity contribution >= 4 is 25.6 Å². The van der Waals surface area contributed by atoms with E-state index in [0.29, 0.717) is 0 Å². The normalized spacial score (nSPS) is 12.3. The van der Waals surface area contributed by atoms with E-state index < -0.39 is 50.4 Å². The molecule has 0 saturated heterocycles. The smallest absolute Gasteiger partial charge is 0.352 e. The van der Waals surface area contributed by atoms with Crippen LogP contribution >= 0.6 is 10.7 Å². The molecule has 0 aliphatic rings. The fourth-order valence-corrected chi connectivity index (χ4v) is 2.67. The summed E-state index contributed by atoms with van der Waals surface area (Å²) in [7, 11) is 0.818. The summed E-state index contributed by atoms with van der Waals surface area (Å²) in [5.74, 6) is -2.03. The van der Waals surface area contributed by atoms with Crippen LogP contribution in [-0.4, -0.2) is 27.0 Å². The van der Waals surface area contributed by atoms with Gasteiger partial charge in [0.1, 0.15) is 5.82 Å². The van der Waals surface area contributed by atoms with Crippen molar-refractivity contribution in [3.05, 3.63) is 29.1 Å². The lowest BCUT2D eigenvalue weighted by molar-refractivity contribution is -0.132. The zero-order chi connectivity index (χ0) is 16.4. The van der Waals surface area contributed by atoms with Crippen LogP contribution in [0.5, 0.6) is 0 Å². The van der Waals surface area contributed by atoms with E-state index in [2.05, 4.69) is 0 Å². The van der Waals surface area contributed by atoms with Crippen molar-refractivity contribution in [3.8, 4) is 0 Å². The molecule has 118 valence electrons. The van der Waals surface area contributed by atoms with E-state index in [1.807, 2.05) is 5.32 Å². The molecule has 21 heavy (non-hydrogen) atoms. The first-order valence-corrected chi connectivity index (χ1v) is 7.82. The van der Waals surface area contributed by atoms with Gasteiger partial charge in [0.05, 0.1) is 11.3 Å². The summed E-state index contributed by atoms with van der Waals surface area (Å²) in [6, 6.07) is 1.54. The molecule has 0 saturated carbocycles. The Labute approximate surface area is 122 Å². The number of hydrogen-bond donors (Lipinski definition) is 1. The average molecular weight is 348 g/mol. The second-order valence-corrected chi connectivity index (χ2v) is 6.67. The number of halogens is 5. The van der Waals surface area contributed by atoms with Gasteiger partial charge < -0.3 is 5.32 Å². The number of carbonyl (C=O) groups is 1. The van der Waals surface area contributed by atoms with E-state index in [0.717, 1.165) is 19.1 Å². The molecule has 1 amide bonds. The minimum atomic E-state index is -4.45. The average Bonchev–Trinajstić information content (AvgIpc) is 2.29. The van der Waals surface area contributed by atoms with Gasteiger partial charge in [-0.25, -0.2) is 12.8 Å². The molecule has 0 aromatic heterocycles. The Bertz CT molecular complexity index is 658. The molecule has 1 N–H and O–H groups in total. The first kappa shape index (κ1) is 17.7. The number of rotatable bonds is 4. The largest absolute Gasteiger partial charge is 0.390 e. The lowest BCUT2D eigenvalue weighted by Gasteiger charge is -2.10. The quantitative estimate of drug-likeness (QED) is 0.673. The molecule has 1 aromatic rings. The molecule has 1 rings (SSSR count). The van der Waals surface area contributed by atoms with Gasteiger partial charge in [0, 0.05) is 28.4 Å². The van der Waals surface area contributed by atoms with Gasteiger partial charge in [0.25, 0.3) is 15.0 Å². The number of alkyl halides is 3. The Morgan fingerprint density at radius 3 is 2.38 bits per heavy atom. The van der Waals surface area contributed by atoms with Crippen molar-refractivity contribution in [1.82, 2.24) is 5.32 Å². The van der Waals surface area contributed by atoms with Crippen LogP contribution in [0, 0.1) is 12.7 Å². The molecule has 0 radical (unpaired) electrons. The predicted octanol–water partition coefficient (Wildman–Crippen LogP) is 2.74. The third-order valence-electron chi connectivity index (χ3n) is 2.52. The van der Waals surface area contributed by atoms with E-state index in [1.54, 1.807) is 0 Å². The van der Waals surface area contributed by atoms with Gasteiger partial charge in [-0.05, 0) is 19.1 Å². The van der Waals surface area contributed by atoms with Gasteiger partial charge in [-0.3, -0.25) is 4.79 Å². The van der Waals surface area contributed by atoms with Crippen molar-refractivity contribution in [1.29, 1.82) is 0 Å². The molecule has 0 aliphatic heterocycles. The monoisotopic (exact) mass is 347 g/mol. The molecular formula is C11H10ClF4NO3S. The van der Waals surface area contributed by atoms with E-state index in [1.165, 1.54) is 0 Å². The molecule has 10 heteroatoms. The highest BCUT2D eigenvalue weighted by Crippen LogP contribution is 2.24. The Morgan fingerprint density at radius 2 is 1.90 bits per heavy atom. The third-order valence-corrected chi connectivity index (χ3v) is 3.96. The van der Waals surface area contributed by atoms with Crippen LogP contribution in [0.4, 0.5) is 17.6 Å². The van der Waals surface area contributed by atoms with Gasteiger partial charge in [0.15, 0.2) is 0 Å². The molecule has 0 spiro atoms. The highest BCUT2D eigenvalue weighted by Gasteiger charge is 2.27. The van der Waals surface area contributed by atoms with Crippen LogP contribution in [0.3, 0.4) is 0 Å². The number of amides is 1. The fourth-order valence-electron chi connectivity index (χ4n) is 1.46. The Morgan fingerprint density at radius 1 is 1.33 bits per heavy atom.